The molecule has 0 unspecified atom stereocenters. The van der Waals surface area contributed by atoms with Gasteiger partial charge in [0.1, 0.15) is 5.82 Å². The molecule has 1 aromatic rings. The van der Waals surface area contributed by atoms with Gasteiger partial charge in [-0.05, 0) is 48.9 Å². The van der Waals surface area contributed by atoms with Crippen molar-refractivity contribution in [1.82, 2.24) is 0 Å². The van der Waals surface area contributed by atoms with Crippen molar-refractivity contribution in [2.75, 3.05) is 25.5 Å². The molecule has 0 heterocycles. The van der Waals surface area contributed by atoms with Gasteiger partial charge in [-0.2, -0.15) is 0 Å². The molecule has 2 N–H and O–H groups in total. The number of hydrogen-bond acceptors (Lipinski definition) is 2. The Morgan fingerprint density at radius 3 is 2.56 bits per heavy atom. The standard InChI is InChI=1S/C13H19FN2/c1-16(2)12-9-10(14)3-4-11(12)13(5-6-13)7-8-15/h3-4,9H,5-8,15H2,1-2H3. The first-order chi connectivity index (χ1) is 7.59. The summed E-state index contributed by atoms with van der Waals surface area (Å²) >= 11 is 0. The van der Waals surface area contributed by atoms with Crippen LogP contribution in [0.3, 0.4) is 0 Å². The Balaban J connectivity index is 2.40. The van der Waals surface area contributed by atoms with Crippen LogP contribution in [0, 0.1) is 5.82 Å². The Kier molecular flexibility index (Phi) is 2.89. The second-order valence-electron chi connectivity index (χ2n) is 4.87. The van der Waals surface area contributed by atoms with Gasteiger partial charge in [0.15, 0.2) is 0 Å². The molecule has 2 rings (SSSR count). The lowest BCUT2D eigenvalue weighted by Gasteiger charge is -2.23. The van der Waals surface area contributed by atoms with Crippen LogP contribution in [0.5, 0.6) is 0 Å². The van der Waals surface area contributed by atoms with Crippen molar-refractivity contribution in [3.8, 4) is 0 Å². The fourth-order valence-electron chi connectivity index (χ4n) is 2.40. The Bertz CT molecular complexity index is 384. The zero-order chi connectivity index (χ0) is 11.8. The monoisotopic (exact) mass is 222 g/mol. The summed E-state index contributed by atoms with van der Waals surface area (Å²) in [5, 5.41) is 0. The summed E-state index contributed by atoms with van der Waals surface area (Å²) in [6.45, 7) is 0.699. The maximum absolute atomic E-state index is 13.3. The third-order valence-electron chi connectivity index (χ3n) is 3.49. The van der Waals surface area contributed by atoms with E-state index in [4.69, 9.17) is 5.73 Å². The quantitative estimate of drug-likeness (QED) is 0.846. The molecule has 3 heteroatoms. The van der Waals surface area contributed by atoms with E-state index in [2.05, 4.69) is 0 Å². The molecule has 0 bridgehead atoms. The molecule has 1 aliphatic rings. The van der Waals surface area contributed by atoms with Crippen LogP contribution in [0.4, 0.5) is 10.1 Å². The van der Waals surface area contributed by atoms with E-state index in [1.807, 2.05) is 25.1 Å². The minimum Gasteiger partial charge on any atom is -0.377 e. The summed E-state index contributed by atoms with van der Waals surface area (Å²) in [5.41, 5.74) is 8.13. The number of nitrogens with zero attached hydrogens (tertiary/aromatic N) is 1. The summed E-state index contributed by atoms with van der Waals surface area (Å²) in [6.07, 6.45) is 3.35. The average Bonchev–Trinajstić information content (AvgIpc) is 2.99. The Labute approximate surface area is 96.2 Å². The summed E-state index contributed by atoms with van der Waals surface area (Å²) in [5.74, 6) is -0.170. The zero-order valence-electron chi connectivity index (χ0n) is 9.96. The van der Waals surface area contributed by atoms with Gasteiger partial charge in [0, 0.05) is 19.8 Å². The molecule has 0 amide bonds. The van der Waals surface area contributed by atoms with Gasteiger partial charge in [-0.1, -0.05) is 6.07 Å². The minimum atomic E-state index is -0.170. The lowest BCUT2D eigenvalue weighted by Crippen LogP contribution is -2.19. The molecule has 0 aromatic heterocycles. The van der Waals surface area contributed by atoms with E-state index in [1.54, 1.807) is 12.1 Å². The van der Waals surface area contributed by atoms with Crippen LogP contribution >= 0.6 is 0 Å². The van der Waals surface area contributed by atoms with Crippen molar-refractivity contribution < 1.29 is 4.39 Å². The lowest BCUT2D eigenvalue weighted by molar-refractivity contribution is 0.610. The average molecular weight is 222 g/mol. The second-order valence-corrected chi connectivity index (χ2v) is 4.87. The minimum absolute atomic E-state index is 0.170. The Morgan fingerprint density at radius 2 is 2.06 bits per heavy atom. The van der Waals surface area contributed by atoms with Gasteiger partial charge in [0.25, 0.3) is 0 Å². The third kappa shape index (κ3) is 1.92. The zero-order valence-corrected chi connectivity index (χ0v) is 9.96. The molecule has 1 fully saturated rings. The predicted octanol–water partition coefficient (Wildman–Crippen LogP) is 2.27. The molecule has 0 aliphatic heterocycles. The van der Waals surface area contributed by atoms with Crippen molar-refractivity contribution in [1.29, 1.82) is 0 Å². The van der Waals surface area contributed by atoms with Crippen molar-refractivity contribution in [2.24, 2.45) is 5.73 Å². The number of rotatable bonds is 4. The smallest absolute Gasteiger partial charge is 0.125 e. The predicted molar refractivity (Wildman–Crippen MR) is 65.3 cm³/mol. The summed E-state index contributed by atoms with van der Waals surface area (Å²) in [4.78, 5) is 1.98. The molecule has 0 spiro atoms. The molecule has 0 radical (unpaired) electrons. The highest BCUT2D eigenvalue weighted by atomic mass is 19.1. The molecule has 0 saturated heterocycles. The SMILES string of the molecule is CN(C)c1cc(F)ccc1C1(CCN)CC1. The van der Waals surface area contributed by atoms with Crippen LogP contribution in [-0.2, 0) is 5.41 Å². The van der Waals surface area contributed by atoms with Crippen molar-refractivity contribution in [2.45, 2.75) is 24.7 Å². The lowest BCUT2D eigenvalue weighted by atomic mass is 9.90. The third-order valence-corrected chi connectivity index (χ3v) is 3.49. The first-order valence-corrected chi connectivity index (χ1v) is 5.76. The van der Waals surface area contributed by atoms with Gasteiger partial charge in [0.05, 0.1) is 0 Å². The van der Waals surface area contributed by atoms with Crippen LogP contribution in [0.2, 0.25) is 0 Å². The fourth-order valence-corrected chi connectivity index (χ4v) is 2.40. The largest absolute Gasteiger partial charge is 0.377 e. The van der Waals surface area contributed by atoms with Crippen LogP contribution < -0.4 is 10.6 Å². The van der Waals surface area contributed by atoms with E-state index in [9.17, 15) is 4.39 Å². The van der Waals surface area contributed by atoms with Crippen LogP contribution in [0.15, 0.2) is 18.2 Å². The molecule has 1 saturated carbocycles. The topological polar surface area (TPSA) is 29.3 Å². The maximum atomic E-state index is 13.3. The van der Waals surface area contributed by atoms with Crippen molar-refractivity contribution in [3.05, 3.63) is 29.6 Å². The molecule has 0 atom stereocenters. The normalized spacial score (nSPS) is 17.2. The number of nitrogens with two attached hydrogens (primary N) is 1. The van der Waals surface area contributed by atoms with E-state index < -0.39 is 0 Å². The Morgan fingerprint density at radius 1 is 1.38 bits per heavy atom. The van der Waals surface area contributed by atoms with Crippen LogP contribution in [0.25, 0.3) is 0 Å². The molecular weight excluding hydrogens is 203 g/mol. The number of anilines is 1. The highest BCUT2D eigenvalue weighted by molar-refractivity contribution is 5.58. The van der Waals surface area contributed by atoms with Crippen LogP contribution in [0.1, 0.15) is 24.8 Å². The van der Waals surface area contributed by atoms with Gasteiger partial charge in [0.2, 0.25) is 0 Å². The highest BCUT2D eigenvalue weighted by Gasteiger charge is 2.44. The van der Waals surface area contributed by atoms with E-state index in [0.717, 1.165) is 12.1 Å². The van der Waals surface area contributed by atoms with E-state index >= 15 is 0 Å². The van der Waals surface area contributed by atoms with E-state index in [-0.39, 0.29) is 11.2 Å². The number of halogens is 1. The van der Waals surface area contributed by atoms with Gasteiger partial charge in [-0.3, -0.25) is 0 Å². The highest BCUT2D eigenvalue weighted by Crippen LogP contribution is 2.53. The summed E-state index contributed by atoms with van der Waals surface area (Å²) in [6, 6.07) is 5.10. The number of hydrogen-bond donors (Lipinski definition) is 1. The molecule has 88 valence electrons. The van der Waals surface area contributed by atoms with Gasteiger partial charge >= 0.3 is 0 Å². The molecule has 1 aromatic carbocycles. The maximum Gasteiger partial charge on any atom is 0.125 e. The van der Waals surface area contributed by atoms with Crippen molar-refractivity contribution in [3.63, 3.8) is 0 Å². The van der Waals surface area contributed by atoms with Crippen LogP contribution in [-0.4, -0.2) is 20.6 Å². The molecule has 1 aliphatic carbocycles. The molecule has 2 nitrogen and oxygen atoms in total. The first-order valence-electron chi connectivity index (χ1n) is 5.76. The fraction of sp³-hybridized carbons (Fsp3) is 0.538. The summed E-state index contributed by atoms with van der Waals surface area (Å²) in [7, 11) is 3.91. The Hall–Kier alpha value is -1.09. The first kappa shape index (κ1) is 11.4. The molecular formula is C13H19FN2. The van der Waals surface area contributed by atoms with Gasteiger partial charge in [-0.25, -0.2) is 4.39 Å². The van der Waals surface area contributed by atoms with Gasteiger partial charge in [-0.15, -0.1) is 0 Å². The van der Waals surface area contributed by atoms with E-state index in [1.165, 1.54) is 18.4 Å². The number of benzene rings is 1. The van der Waals surface area contributed by atoms with E-state index in [0.29, 0.717) is 6.54 Å². The molecule has 16 heavy (non-hydrogen) atoms. The summed E-state index contributed by atoms with van der Waals surface area (Å²) < 4.78 is 13.3. The van der Waals surface area contributed by atoms with Crippen molar-refractivity contribution >= 4 is 5.69 Å². The second kappa shape index (κ2) is 4.06. The van der Waals surface area contributed by atoms with Gasteiger partial charge < -0.3 is 10.6 Å².